The maximum Gasteiger partial charge on any atom is 0.230 e. The summed E-state index contributed by atoms with van der Waals surface area (Å²) in [6.45, 7) is 9.50. The van der Waals surface area contributed by atoms with Crippen molar-refractivity contribution in [3.05, 3.63) is 48.5 Å². The van der Waals surface area contributed by atoms with Gasteiger partial charge in [0.1, 0.15) is 11.5 Å². The fourth-order valence-electron chi connectivity index (χ4n) is 3.97. The van der Waals surface area contributed by atoms with Gasteiger partial charge in [-0.3, -0.25) is 4.40 Å². The van der Waals surface area contributed by atoms with Crippen molar-refractivity contribution < 1.29 is 0 Å². The topological polar surface area (TPSA) is 83.3 Å². The van der Waals surface area contributed by atoms with Gasteiger partial charge in [0.25, 0.3) is 0 Å². The Labute approximate surface area is 175 Å². The molecule has 1 saturated heterocycles. The molecular formula is C22H26N8. The third kappa shape index (κ3) is 3.43. The molecule has 0 spiro atoms. The molecule has 0 saturated carbocycles. The van der Waals surface area contributed by atoms with Crippen molar-refractivity contribution in [3.63, 3.8) is 0 Å². The van der Waals surface area contributed by atoms with Crippen LogP contribution >= 0.6 is 0 Å². The lowest BCUT2D eigenvalue weighted by molar-refractivity contribution is 0.484. The normalized spacial score (nSPS) is 17.2. The van der Waals surface area contributed by atoms with E-state index in [1.54, 1.807) is 0 Å². The van der Waals surface area contributed by atoms with Crippen LogP contribution in [0.2, 0.25) is 0 Å². The molecule has 4 aromatic heterocycles. The van der Waals surface area contributed by atoms with Gasteiger partial charge in [-0.25, -0.2) is 15.0 Å². The number of hydrogen-bond acceptors (Lipinski definition) is 7. The van der Waals surface area contributed by atoms with E-state index in [4.69, 9.17) is 4.98 Å². The zero-order chi connectivity index (χ0) is 20.7. The maximum atomic E-state index is 4.78. The van der Waals surface area contributed by atoms with E-state index in [2.05, 4.69) is 61.7 Å². The Morgan fingerprint density at radius 1 is 1.07 bits per heavy atom. The Hall–Kier alpha value is -3.26. The summed E-state index contributed by atoms with van der Waals surface area (Å²) >= 11 is 0. The summed E-state index contributed by atoms with van der Waals surface area (Å²) in [4.78, 5) is 20.7. The molecular weight excluding hydrogens is 376 g/mol. The highest BCUT2D eigenvalue weighted by Gasteiger charge is 2.16. The number of rotatable bonds is 4. The Balaban J connectivity index is 1.44. The van der Waals surface area contributed by atoms with Crippen molar-refractivity contribution in [2.45, 2.75) is 32.7 Å². The lowest BCUT2D eigenvalue weighted by Gasteiger charge is -2.33. The molecule has 0 radical (unpaired) electrons. The fraction of sp³-hybridized carbons (Fsp3) is 0.364. The Kier molecular flexibility index (Phi) is 4.71. The Bertz CT molecular complexity index is 1180. The van der Waals surface area contributed by atoms with Crippen LogP contribution in [0.5, 0.6) is 0 Å². The van der Waals surface area contributed by atoms with Gasteiger partial charge in [0.2, 0.25) is 5.95 Å². The highest BCUT2D eigenvalue weighted by Crippen LogP contribution is 2.23. The number of nitrogens with one attached hydrogen (secondary N) is 2. The smallest absolute Gasteiger partial charge is 0.230 e. The van der Waals surface area contributed by atoms with Crippen LogP contribution in [0.4, 0.5) is 17.5 Å². The number of pyridine rings is 2. The number of piperazine rings is 1. The largest absolute Gasteiger partial charge is 0.367 e. The molecule has 4 aromatic rings. The van der Waals surface area contributed by atoms with Crippen LogP contribution in [0.1, 0.15) is 32.4 Å². The predicted octanol–water partition coefficient (Wildman–Crippen LogP) is 3.34. The average Bonchev–Trinajstić information content (AvgIpc) is 3.19. The zero-order valence-electron chi connectivity index (χ0n) is 17.5. The van der Waals surface area contributed by atoms with Gasteiger partial charge in [-0.05, 0) is 37.1 Å². The van der Waals surface area contributed by atoms with Gasteiger partial charge in [0, 0.05) is 49.1 Å². The summed E-state index contributed by atoms with van der Waals surface area (Å²) in [5.74, 6) is 1.59. The van der Waals surface area contributed by atoms with Gasteiger partial charge in [0.15, 0.2) is 5.65 Å². The maximum absolute atomic E-state index is 4.78. The molecule has 8 nitrogen and oxygen atoms in total. The van der Waals surface area contributed by atoms with E-state index in [9.17, 15) is 0 Å². The molecule has 1 atom stereocenters. The van der Waals surface area contributed by atoms with Crippen molar-refractivity contribution in [3.8, 4) is 0 Å². The van der Waals surface area contributed by atoms with Gasteiger partial charge in [-0.1, -0.05) is 13.8 Å². The minimum atomic E-state index is 0.346. The number of nitrogens with zero attached hydrogens (tertiary/aromatic N) is 6. The van der Waals surface area contributed by atoms with Gasteiger partial charge < -0.3 is 15.5 Å². The van der Waals surface area contributed by atoms with Crippen LogP contribution in [0.25, 0.3) is 16.7 Å². The zero-order valence-corrected chi connectivity index (χ0v) is 17.5. The minimum absolute atomic E-state index is 0.346. The summed E-state index contributed by atoms with van der Waals surface area (Å²) in [6, 6.07) is 8.57. The highest BCUT2D eigenvalue weighted by molar-refractivity contribution is 5.79. The Morgan fingerprint density at radius 2 is 1.97 bits per heavy atom. The molecule has 0 bridgehead atoms. The lowest BCUT2D eigenvalue weighted by atomic mass is 10.1. The van der Waals surface area contributed by atoms with Crippen LogP contribution in [0.15, 0.2) is 42.9 Å². The predicted molar refractivity (Wildman–Crippen MR) is 120 cm³/mol. The van der Waals surface area contributed by atoms with Crippen LogP contribution in [-0.2, 0) is 0 Å². The second-order valence-electron chi connectivity index (χ2n) is 8.17. The lowest BCUT2D eigenvalue weighted by Crippen LogP contribution is -2.49. The SMILES string of the molecule is CC(C)c1cnc2ccc3cnc(Nc4ccc(N5CCN[C@@H](C)C5)cn4)nc3n12. The van der Waals surface area contributed by atoms with E-state index < -0.39 is 0 Å². The van der Waals surface area contributed by atoms with Gasteiger partial charge in [-0.2, -0.15) is 4.98 Å². The fourth-order valence-corrected chi connectivity index (χ4v) is 3.97. The quantitative estimate of drug-likeness (QED) is 0.542. The first kappa shape index (κ1) is 18.7. The number of hydrogen-bond donors (Lipinski definition) is 2. The summed E-state index contributed by atoms with van der Waals surface area (Å²) < 4.78 is 2.11. The molecule has 5 heterocycles. The second-order valence-corrected chi connectivity index (χ2v) is 8.17. The first-order valence-corrected chi connectivity index (χ1v) is 10.4. The molecule has 0 unspecified atom stereocenters. The van der Waals surface area contributed by atoms with E-state index >= 15 is 0 Å². The molecule has 1 aliphatic heterocycles. The van der Waals surface area contributed by atoms with Crippen molar-refractivity contribution in [1.29, 1.82) is 0 Å². The summed E-state index contributed by atoms with van der Waals surface area (Å²) in [6.07, 6.45) is 5.67. The van der Waals surface area contributed by atoms with Crippen molar-refractivity contribution >= 4 is 34.1 Å². The molecule has 30 heavy (non-hydrogen) atoms. The first-order chi connectivity index (χ1) is 14.6. The highest BCUT2D eigenvalue weighted by atomic mass is 15.2. The van der Waals surface area contributed by atoms with E-state index in [0.717, 1.165) is 53.5 Å². The molecule has 1 aliphatic rings. The van der Waals surface area contributed by atoms with Crippen LogP contribution in [0.3, 0.4) is 0 Å². The van der Waals surface area contributed by atoms with Crippen LogP contribution < -0.4 is 15.5 Å². The van der Waals surface area contributed by atoms with Crippen molar-refractivity contribution in [2.75, 3.05) is 29.9 Å². The number of aromatic nitrogens is 5. The van der Waals surface area contributed by atoms with Gasteiger partial charge in [-0.15, -0.1) is 0 Å². The summed E-state index contributed by atoms with van der Waals surface area (Å²) in [5, 5.41) is 7.68. The molecule has 0 amide bonds. The van der Waals surface area contributed by atoms with Gasteiger partial charge >= 0.3 is 0 Å². The molecule has 0 aromatic carbocycles. The number of fused-ring (bicyclic) bond motifs is 3. The molecule has 154 valence electrons. The summed E-state index contributed by atoms with van der Waals surface area (Å²) in [5.41, 5.74) is 4.00. The third-order valence-electron chi connectivity index (χ3n) is 5.55. The van der Waals surface area contributed by atoms with Crippen molar-refractivity contribution in [1.82, 2.24) is 29.7 Å². The monoisotopic (exact) mass is 402 g/mol. The van der Waals surface area contributed by atoms with E-state index in [-0.39, 0.29) is 0 Å². The van der Waals surface area contributed by atoms with Gasteiger partial charge in [0.05, 0.1) is 11.9 Å². The molecule has 5 rings (SSSR count). The van der Waals surface area contributed by atoms with E-state index in [1.165, 1.54) is 0 Å². The van der Waals surface area contributed by atoms with Crippen molar-refractivity contribution in [2.24, 2.45) is 0 Å². The van der Waals surface area contributed by atoms with Crippen LogP contribution in [0, 0.1) is 0 Å². The van der Waals surface area contributed by atoms with E-state index in [1.807, 2.05) is 36.8 Å². The average molecular weight is 403 g/mol. The second kappa shape index (κ2) is 7.53. The number of imidazole rings is 1. The standard InChI is InChI=1S/C22H26N8/c1-14(2)18-12-25-20-7-4-16-10-26-22(28-21(16)30(18)20)27-19-6-5-17(11-24-19)29-9-8-23-15(3)13-29/h4-7,10-12,14-15,23H,8-9,13H2,1-3H3,(H,24,26,27,28)/t15-/m0/s1. The molecule has 1 fully saturated rings. The van der Waals surface area contributed by atoms with Crippen LogP contribution in [-0.4, -0.2) is 50.0 Å². The summed E-state index contributed by atoms with van der Waals surface area (Å²) in [7, 11) is 0. The molecule has 8 heteroatoms. The molecule has 0 aliphatic carbocycles. The third-order valence-corrected chi connectivity index (χ3v) is 5.55. The molecule has 2 N–H and O–H groups in total. The number of anilines is 3. The van der Waals surface area contributed by atoms with E-state index in [0.29, 0.717) is 17.9 Å². The first-order valence-electron chi connectivity index (χ1n) is 10.4. The Morgan fingerprint density at radius 3 is 2.73 bits per heavy atom. The minimum Gasteiger partial charge on any atom is -0.367 e.